The Balaban J connectivity index is 2.08. The summed E-state index contributed by atoms with van der Waals surface area (Å²) in [5.74, 6) is 1.01. The minimum atomic E-state index is -0.460. The van der Waals surface area contributed by atoms with Crippen LogP contribution in [0.4, 0.5) is 0 Å². The van der Waals surface area contributed by atoms with Crippen molar-refractivity contribution in [1.82, 2.24) is 10.2 Å². The quantitative estimate of drug-likeness (QED) is 0.692. The molecule has 150 valence electrons. The molecule has 0 fully saturated rings. The first-order valence-electron chi connectivity index (χ1n) is 9.64. The van der Waals surface area contributed by atoms with Crippen LogP contribution in [-0.2, 0) is 21.9 Å². The molecule has 0 bridgehead atoms. The molecule has 0 aliphatic heterocycles. The van der Waals surface area contributed by atoms with E-state index in [9.17, 15) is 9.59 Å². The molecule has 4 nitrogen and oxygen atoms in total. The zero-order valence-corrected chi connectivity index (χ0v) is 18.0. The number of carbonyl (C=O) groups excluding carboxylic acids is 2. The van der Waals surface area contributed by atoms with Gasteiger partial charge in [0.05, 0.1) is 5.75 Å². The predicted octanol–water partition coefficient (Wildman–Crippen LogP) is 4.09. The first kappa shape index (κ1) is 22.0. The number of carbonyl (C=O) groups is 2. The van der Waals surface area contributed by atoms with Gasteiger partial charge in [-0.2, -0.15) is 0 Å². The molecule has 1 atom stereocenters. The van der Waals surface area contributed by atoms with Crippen molar-refractivity contribution >= 4 is 23.6 Å². The molecule has 2 amide bonds. The van der Waals surface area contributed by atoms with Gasteiger partial charge < -0.3 is 10.2 Å². The number of hydrogen-bond acceptors (Lipinski definition) is 3. The van der Waals surface area contributed by atoms with Crippen molar-refractivity contribution in [2.75, 3.05) is 12.8 Å². The molecular weight excluding hydrogens is 368 g/mol. The van der Waals surface area contributed by atoms with Crippen LogP contribution in [-0.4, -0.2) is 35.6 Å². The van der Waals surface area contributed by atoms with Gasteiger partial charge in [-0.3, -0.25) is 9.59 Å². The average Bonchev–Trinajstić information content (AvgIpc) is 2.69. The Morgan fingerprint density at radius 2 is 1.75 bits per heavy atom. The first-order valence-corrected chi connectivity index (χ1v) is 10.8. The Morgan fingerprint density at radius 3 is 2.36 bits per heavy atom. The van der Waals surface area contributed by atoms with Gasteiger partial charge >= 0.3 is 0 Å². The van der Waals surface area contributed by atoms with Crippen LogP contribution in [0.5, 0.6) is 0 Å². The Labute approximate surface area is 172 Å². The van der Waals surface area contributed by atoms with E-state index in [2.05, 4.69) is 30.4 Å². The molecule has 0 saturated heterocycles. The van der Waals surface area contributed by atoms with Crippen LogP contribution in [0.1, 0.15) is 35.6 Å². The van der Waals surface area contributed by atoms with E-state index >= 15 is 0 Å². The minimum Gasteiger partial charge on any atom is -0.357 e. The van der Waals surface area contributed by atoms with E-state index in [1.165, 1.54) is 16.7 Å². The Hall–Kier alpha value is -2.27. The highest BCUT2D eigenvalue weighted by Crippen LogP contribution is 2.18. The number of aryl methyl sites for hydroxylation is 2. The number of nitrogens with one attached hydrogen (secondary N) is 1. The minimum absolute atomic E-state index is 0.00585. The summed E-state index contributed by atoms with van der Waals surface area (Å²) in [6, 6.07) is 16.0. The largest absolute Gasteiger partial charge is 0.357 e. The molecular formula is C23H30N2O2S. The van der Waals surface area contributed by atoms with Crippen molar-refractivity contribution in [3.05, 3.63) is 70.8 Å². The molecule has 2 aromatic rings. The second-order valence-corrected chi connectivity index (χ2v) is 8.01. The third kappa shape index (κ3) is 6.41. The number of hydrogen-bond donors (Lipinski definition) is 1. The Kier molecular flexibility index (Phi) is 8.58. The highest BCUT2D eigenvalue weighted by Gasteiger charge is 2.27. The van der Waals surface area contributed by atoms with Crippen molar-refractivity contribution in [3.63, 3.8) is 0 Å². The van der Waals surface area contributed by atoms with E-state index in [-0.39, 0.29) is 11.8 Å². The molecule has 28 heavy (non-hydrogen) atoms. The maximum Gasteiger partial charge on any atom is 0.242 e. The van der Waals surface area contributed by atoms with E-state index in [1.807, 2.05) is 44.2 Å². The molecule has 0 aromatic heterocycles. The van der Waals surface area contributed by atoms with Gasteiger partial charge in [-0.1, -0.05) is 66.6 Å². The van der Waals surface area contributed by atoms with Crippen LogP contribution in [0.2, 0.25) is 0 Å². The fourth-order valence-electron chi connectivity index (χ4n) is 3.12. The van der Waals surface area contributed by atoms with Crippen LogP contribution < -0.4 is 5.32 Å². The number of likely N-dealkylation sites (N-methyl/N-ethyl adjacent to an activating group) is 1. The van der Waals surface area contributed by atoms with Crippen LogP contribution in [0.3, 0.4) is 0 Å². The normalized spacial score (nSPS) is 11.7. The second-order valence-electron chi connectivity index (χ2n) is 7.03. The van der Waals surface area contributed by atoms with Gasteiger partial charge in [-0.05, 0) is 31.4 Å². The summed E-state index contributed by atoms with van der Waals surface area (Å²) in [6.45, 7) is 6.48. The molecule has 5 heteroatoms. The lowest BCUT2D eigenvalue weighted by Gasteiger charge is -2.30. The maximum absolute atomic E-state index is 13.0. The summed E-state index contributed by atoms with van der Waals surface area (Å²) in [5, 5.41) is 2.69. The molecule has 0 radical (unpaired) electrons. The van der Waals surface area contributed by atoms with E-state index in [1.54, 1.807) is 23.7 Å². The SMILES string of the molecule is CC[C@H](C(=O)NC)N(Cc1ccc(C)cc1)C(=O)CSCc1cccc(C)c1. The van der Waals surface area contributed by atoms with Crippen LogP contribution in [0.25, 0.3) is 0 Å². The summed E-state index contributed by atoms with van der Waals surface area (Å²) in [7, 11) is 1.62. The smallest absolute Gasteiger partial charge is 0.242 e. The van der Waals surface area contributed by atoms with Crippen molar-refractivity contribution in [2.45, 2.75) is 45.5 Å². The lowest BCUT2D eigenvalue weighted by Crippen LogP contribution is -2.48. The lowest BCUT2D eigenvalue weighted by atomic mass is 10.1. The number of amides is 2. The van der Waals surface area contributed by atoms with Crippen molar-refractivity contribution in [3.8, 4) is 0 Å². The summed E-state index contributed by atoms with van der Waals surface area (Å²) < 4.78 is 0. The second kappa shape index (κ2) is 10.9. The van der Waals surface area contributed by atoms with Gasteiger partial charge in [-0.25, -0.2) is 0 Å². The van der Waals surface area contributed by atoms with Crippen molar-refractivity contribution in [1.29, 1.82) is 0 Å². The highest BCUT2D eigenvalue weighted by molar-refractivity contribution is 7.99. The number of benzene rings is 2. The molecule has 2 rings (SSSR count). The Morgan fingerprint density at radius 1 is 1.04 bits per heavy atom. The monoisotopic (exact) mass is 398 g/mol. The van der Waals surface area contributed by atoms with E-state index in [4.69, 9.17) is 0 Å². The van der Waals surface area contributed by atoms with Crippen LogP contribution in [0, 0.1) is 13.8 Å². The topological polar surface area (TPSA) is 49.4 Å². The van der Waals surface area contributed by atoms with Gasteiger partial charge in [-0.15, -0.1) is 11.8 Å². The highest BCUT2D eigenvalue weighted by atomic mass is 32.2. The third-order valence-electron chi connectivity index (χ3n) is 4.68. The van der Waals surface area contributed by atoms with E-state index in [0.29, 0.717) is 18.7 Å². The molecule has 2 aromatic carbocycles. The fourth-order valence-corrected chi connectivity index (χ4v) is 3.98. The number of thioether (sulfide) groups is 1. The molecule has 0 saturated carbocycles. The van der Waals surface area contributed by atoms with Gasteiger partial charge in [0.15, 0.2) is 0 Å². The molecule has 0 heterocycles. The van der Waals surface area contributed by atoms with Crippen LogP contribution >= 0.6 is 11.8 Å². The van der Waals surface area contributed by atoms with Crippen molar-refractivity contribution in [2.24, 2.45) is 0 Å². The predicted molar refractivity (Wildman–Crippen MR) is 117 cm³/mol. The van der Waals surface area contributed by atoms with Crippen molar-refractivity contribution < 1.29 is 9.59 Å². The summed E-state index contributed by atoms with van der Waals surface area (Å²) in [6.07, 6.45) is 0.583. The molecule has 0 unspecified atom stereocenters. The Bertz CT molecular complexity index is 789. The maximum atomic E-state index is 13.0. The molecule has 1 N–H and O–H groups in total. The van der Waals surface area contributed by atoms with E-state index in [0.717, 1.165) is 11.3 Å². The van der Waals surface area contributed by atoms with Crippen LogP contribution in [0.15, 0.2) is 48.5 Å². The van der Waals surface area contributed by atoms with Gasteiger partial charge in [0.1, 0.15) is 6.04 Å². The summed E-state index contributed by atoms with van der Waals surface area (Å²) in [4.78, 5) is 27.1. The standard InChI is InChI=1S/C23H30N2O2S/c1-5-21(23(27)24-4)25(14-19-11-9-17(2)10-12-19)22(26)16-28-15-20-8-6-7-18(3)13-20/h6-13,21H,5,14-16H2,1-4H3,(H,24,27)/t21-/m1/s1. The average molecular weight is 399 g/mol. The van der Waals surface area contributed by atoms with Gasteiger partial charge in [0.25, 0.3) is 0 Å². The van der Waals surface area contributed by atoms with E-state index < -0.39 is 6.04 Å². The fraction of sp³-hybridized carbons (Fsp3) is 0.391. The number of rotatable bonds is 9. The summed E-state index contributed by atoms with van der Waals surface area (Å²) >= 11 is 1.59. The third-order valence-corrected chi connectivity index (χ3v) is 5.67. The first-order chi connectivity index (χ1) is 13.4. The lowest BCUT2D eigenvalue weighted by molar-refractivity contribution is -0.139. The number of nitrogens with zero attached hydrogens (tertiary/aromatic N) is 1. The van der Waals surface area contributed by atoms with Gasteiger partial charge in [0, 0.05) is 19.3 Å². The molecule has 0 aliphatic carbocycles. The zero-order chi connectivity index (χ0) is 20.5. The zero-order valence-electron chi connectivity index (χ0n) is 17.2. The molecule has 0 spiro atoms. The summed E-state index contributed by atoms with van der Waals surface area (Å²) in [5.41, 5.74) is 4.64. The molecule has 0 aliphatic rings. The van der Waals surface area contributed by atoms with Gasteiger partial charge in [0.2, 0.25) is 11.8 Å².